The van der Waals surface area contributed by atoms with Crippen LogP contribution in [0.4, 0.5) is 5.69 Å². The van der Waals surface area contributed by atoms with Crippen LogP contribution in [0.3, 0.4) is 0 Å². The Labute approximate surface area is 161 Å². The number of carbonyl (C=O) groups is 1. The lowest BCUT2D eigenvalue weighted by Gasteiger charge is -2.18. The molecule has 0 aliphatic carbocycles. The minimum atomic E-state index is -0.192. The maximum atomic E-state index is 12.3. The number of nitrogens with zero attached hydrogens (tertiary/aromatic N) is 1. The van der Waals surface area contributed by atoms with Gasteiger partial charge in [-0.1, -0.05) is 22.8 Å². The lowest BCUT2D eigenvalue weighted by molar-refractivity contribution is -0.115. The zero-order chi connectivity index (χ0) is 18.8. The van der Waals surface area contributed by atoms with E-state index >= 15 is 0 Å². The molecule has 1 aromatic heterocycles. The number of halogens is 1. The molecule has 0 radical (unpaired) electrons. The minimum absolute atomic E-state index is 0.0972. The maximum absolute atomic E-state index is 12.3. The van der Waals surface area contributed by atoms with Gasteiger partial charge in [0.15, 0.2) is 17.3 Å². The number of rotatable bonds is 4. The first-order valence-corrected chi connectivity index (χ1v) is 8.88. The monoisotopic (exact) mass is 384 g/mol. The summed E-state index contributed by atoms with van der Waals surface area (Å²) in [6, 6.07) is 12.6. The summed E-state index contributed by atoms with van der Waals surface area (Å²) >= 11 is 5.98. The number of hydrogen-bond acceptors (Lipinski definition) is 5. The van der Waals surface area contributed by atoms with Crippen LogP contribution >= 0.6 is 11.6 Å². The van der Waals surface area contributed by atoms with Gasteiger partial charge in [-0.15, -0.1) is 0 Å². The number of amides is 1. The third-order valence-electron chi connectivity index (χ3n) is 4.20. The van der Waals surface area contributed by atoms with Crippen molar-refractivity contribution < 1.29 is 18.8 Å². The van der Waals surface area contributed by atoms with Crippen LogP contribution in [-0.2, 0) is 11.2 Å². The van der Waals surface area contributed by atoms with E-state index in [1.54, 1.807) is 18.2 Å². The molecule has 0 bridgehead atoms. The van der Waals surface area contributed by atoms with E-state index in [-0.39, 0.29) is 12.3 Å². The highest BCUT2D eigenvalue weighted by molar-refractivity contribution is 6.31. The van der Waals surface area contributed by atoms with Crippen LogP contribution in [0.2, 0.25) is 5.02 Å². The predicted octanol–water partition coefficient (Wildman–Crippen LogP) is 4.26. The van der Waals surface area contributed by atoms with Crippen LogP contribution < -0.4 is 14.8 Å². The van der Waals surface area contributed by atoms with Gasteiger partial charge in [-0.3, -0.25) is 4.79 Å². The minimum Gasteiger partial charge on any atom is -0.486 e. The molecule has 0 fully saturated rings. The fourth-order valence-corrected chi connectivity index (χ4v) is 2.99. The molecule has 3 aromatic rings. The van der Waals surface area contributed by atoms with Crippen molar-refractivity contribution in [2.75, 3.05) is 18.5 Å². The quantitative estimate of drug-likeness (QED) is 0.727. The molecule has 2 aromatic carbocycles. The van der Waals surface area contributed by atoms with Gasteiger partial charge in [0, 0.05) is 22.3 Å². The molecule has 138 valence electrons. The van der Waals surface area contributed by atoms with Gasteiger partial charge >= 0.3 is 0 Å². The van der Waals surface area contributed by atoms with Crippen LogP contribution in [0.25, 0.3) is 11.3 Å². The summed E-state index contributed by atoms with van der Waals surface area (Å²) < 4.78 is 16.5. The second-order valence-corrected chi connectivity index (χ2v) is 6.66. The molecule has 0 unspecified atom stereocenters. The van der Waals surface area contributed by atoms with Crippen LogP contribution in [0.15, 0.2) is 47.0 Å². The van der Waals surface area contributed by atoms with Crippen molar-refractivity contribution in [3.63, 3.8) is 0 Å². The molecular weight excluding hydrogens is 368 g/mol. The van der Waals surface area contributed by atoms with E-state index < -0.39 is 0 Å². The molecule has 0 saturated heterocycles. The molecule has 1 N–H and O–H groups in total. The molecule has 1 aliphatic heterocycles. The van der Waals surface area contributed by atoms with Gasteiger partial charge in [-0.25, -0.2) is 0 Å². The summed E-state index contributed by atoms with van der Waals surface area (Å²) in [5, 5.41) is 7.41. The van der Waals surface area contributed by atoms with Crippen LogP contribution in [-0.4, -0.2) is 24.3 Å². The summed E-state index contributed by atoms with van der Waals surface area (Å²) in [5.74, 6) is 1.75. The molecule has 6 nitrogen and oxygen atoms in total. The molecule has 1 amide bonds. The zero-order valence-corrected chi connectivity index (χ0v) is 15.4. The first-order chi connectivity index (χ1) is 13.1. The second-order valence-electron chi connectivity index (χ2n) is 6.23. The normalized spacial score (nSPS) is 12.7. The van der Waals surface area contributed by atoms with Gasteiger partial charge in [0.2, 0.25) is 5.91 Å². The maximum Gasteiger partial charge on any atom is 0.230 e. The Morgan fingerprint density at radius 2 is 1.93 bits per heavy atom. The van der Waals surface area contributed by atoms with Gasteiger partial charge in [0.05, 0.1) is 12.1 Å². The van der Waals surface area contributed by atoms with Gasteiger partial charge in [0.25, 0.3) is 0 Å². The van der Waals surface area contributed by atoms with Crippen LogP contribution in [0, 0.1) is 6.92 Å². The number of aryl methyl sites for hydroxylation is 1. The average Bonchev–Trinajstić information content (AvgIpc) is 3.12. The van der Waals surface area contributed by atoms with Crippen LogP contribution in [0.5, 0.6) is 11.5 Å². The number of carbonyl (C=O) groups excluding carboxylic acids is 1. The van der Waals surface area contributed by atoms with E-state index in [2.05, 4.69) is 10.5 Å². The fourth-order valence-electron chi connectivity index (χ4n) is 2.82. The molecule has 2 heterocycles. The van der Waals surface area contributed by atoms with Crippen molar-refractivity contribution >= 4 is 23.2 Å². The molecule has 0 atom stereocenters. The Morgan fingerprint density at radius 1 is 1.11 bits per heavy atom. The molecule has 1 aliphatic rings. The molecule has 7 heteroatoms. The van der Waals surface area contributed by atoms with E-state index in [0.29, 0.717) is 46.9 Å². The van der Waals surface area contributed by atoms with Gasteiger partial charge in [0.1, 0.15) is 13.2 Å². The van der Waals surface area contributed by atoms with Gasteiger partial charge in [-0.05, 0) is 42.8 Å². The molecule has 0 saturated carbocycles. The Hall–Kier alpha value is -2.99. The van der Waals surface area contributed by atoms with Crippen molar-refractivity contribution in [2.24, 2.45) is 0 Å². The third-order valence-corrected chi connectivity index (χ3v) is 4.44. The Morgan fingerprint density at radius 3 is 2.78 bits per heavy atom. The summed E-state index contributed by atoms with van der Waals surface area (Å²) in [6.45, 7) is 2.96. The SMILES string of the molecule is Cc1ccc(Cl)cc1NC(=O)Cc1cc(-c2ccc3c(c2)OCCO3)on1. The first-order valence-electron chi connectivity index (χ1n) is 8.50. The first kappa shape index (κ1) is 17.4. The van der Waals surface area contributed by atoms with Gasteiger partial charge < -0.3 is 19.3 Å². The van der Waals surface area contributed by atoms with Crippen molar-refractivity contribution in [3.8, 4) is 22.8 Å². The summed E-state index contributed by atoms with van der Waals surface area (Å²) in [4.78, 5) is 12.3. The second kappa shape index (κ2) is 7.32. The standard InChI is InChI=1S/C20H17ClN2O4/c1-12-2-4-14(21)9-16(12)22-20(24)11-15-10-18(27-23-15)13-3-5-17-19(8-13)26-7-6-25-17/h2-5,8-10H,6-7,11H2,1H3,(H,22,24). The lowest BCUT2D eigenvalue weighted by Crippen LogP contribution is -2.15. The van der Waals surface area contributed by atoms with E-state index in [1.165, 1.54) is 0 Å². The van der Waals surface area contributed by atoms with Crippen LogP contribution in [0.1, 0.15) is 11.3 Å². The number of hydrogen-bond donors (Lipinski definition) is 1. The van der Waals surface area contributed by atoms with E-state index in [4.69, 9.17) is 25.6 Å². The molecular formula is C20H17ClN2O4. The highest BCUT2D eigenvalue weighted by Crippen LogP contribution is 2.34. The smallest absolute Gasteiger partial charge is 0.230 e. The third kappa shape index (κ3) is 3.90. The lowest BCUT2D eigenvalue weighted by atomic mass is 10.1. The number of nitrogens with one attached hydrogen (secondary N) is 1. The van der Waals surface area contributed by atoms with E-state index in [9.17, 15) is 4.79 Å². The Kier molecular flexibility index (Phi) is 4.73. The van der Waals surface area contributed by atoms with E-state index in [0.717, 1.165) is 11.1 Å². The number of aromatic nitrogens is 1. The van der Waals surface area contributed by atoms with Crippen molar-refractivity contribution in [2.45, 2.75) is 13.3 Å². The van der Waals surface area contributed by atoms with Crippen molar-refractivity contribution in [3.05, 3.63) is 58.7 Å². The Balaban J connectivity index is 1.46. The largest absolute Gasteiger partial charge is 0.486 e. The number of fused-ring (bicyclic) bond motifs is 1. The predicted molar refractivity (Wildman–Crippen MR) is 101 cm³/mol. The number of benzene rings is 2. The van der Waals surface area contributed by atoms with Gasteiger partial charge in [-0.2, -0.15) is 0 Å². The topological polar surface area (TPSA) is 73.6 Å². The summed E-state index contributed by atoms with van der Waals surface area (Å²) in [7, 11) is 0. The molecule has 27 heavy (non-hydrogen) atoms. The fraction of sp³-hybridized carbons (Fsp3) is 0.200. The average molecular weight is 385 g/mol. The van der Waals surface area contributed by atoms with Crippen molar-refractivity contribution in [1.82, 2.24) is 5.16 Å². The summed E-state index contributed by atoms with van der Waals surface area (Å²) in [6.07, 6.45) is 0.0972. The highest BCUT2D eigenvalue weighted by atomic mass is 35.5. The zero-order valence-electron chi connectivity index (χ0n) is 14.6. The molecule has 0 spiro atoms. The Bertz CT molecular complexity index is 999. The van der Waals surface area contributed by atoms with Crippen molar-refractivity contribution in [1.29, 1.82) is 0 Å². The van der Waals surface area contributed by atoms with E-state index in [1.807, 2.05) is 31.2 Å². The highest BCUT2D eigenvalue weighted by Gasteiger charge is 2.16. The number of ether oxygens (including phenoxy) is 2. The molecule has 4 rings (SSSR count). The summed E-state index contributed by atoms with van der Waals surface area (Å²) in [5.41, 5.74) is 2.97. The number of anilines is 1.